The molecule has 124 valence electrons. The SMILES string of the molecule is CCCCCCCCCCCCC(=O)c1cccc(OC)c1. The van der Waals surface area contributed by atoms with Crippen LogP contribution in [0.1, 0.15) is 87.9 Å². The molecule has 2 heteroatoms. The molecule has 0 amide bonds. The fourth-order valence-corrected chi connectivity index (χ4v) is 2.71. The van der Waals surface area contributed by atoms with Crippen molar-refractivity contribution in [3.63, 3.8) is 0 Å². The van der Waals surface area contributed by atoms with Gasteiger partial charge in [0.1, 0.15) is 5.75 Å². The van der Waals surface area contributed by atoms with E-state index in [1.54, 1.807) is 7.11 Å². The molecule has 0 unspecified atom stereocenters. The fourth-order valence-electron chi connectivity index (χ4n) is 2.71. The Hall–Kier alpha value is -1.31. The molecule has 0 heterocycles. The molecule has 0 aromatic heterocycles. The number of ketones is 1. The topological polar surface area (TPSA) is 26.3 Å². The van der Waals surface area contributed by atoms with Crippen molar-refractivity contribution in [3.8, 4) is 5.75 Å². The highest BCUT2D eigenvalue weighted by Gasteiger charge is 2.06. The Morgan fingerprint density at radius 3 is 2.09 bits per heavy atom. The molecule has 0 saturated carbocycles. The van der Waals surface area contributed by atoms with Crippen LogP contribution in [0.4, 0.5) is 0 Å². The van der Waals surface area contributed by atoms with Crippen LogP contribution in [-0.4, -0.2) is 12.9 Å². The summed E-state index contributed by atoms with van der Waals surface area (Å²) >= 11 is 0. The lowest BCUT2D eigenvalue weighted by atomic mass is 10.0. The number of ether oxygens (including phenoxy) is 1. The highest BCUT2D eigenvalue weighted by atomic mass is 16.5. The number of carbonyl (C=O) groups is 1. The summed E-state index contributed by atoms with van der Waals surface area (Å²) < 4.78 is 5.16. The Kier molecular flexibility index (Phi) is 10.4. The molecule has 0 atom stereocenters. The van der Waals surface area contributed by atoms with Crippen molar-refractivity contribution in [3.05, 3.63) is 29.8 Å². The van der Waals surface area contributed by atoms with Gasteiger partial charge >= 0.3 is 0 Å². The van der Waals surface area contributed by atoms with E-state index in [2.05, 4.69) is 6.92 Å². The van der Waals surface area contributed by atoms with E-state index >= 15 is 0 Å². The van der Waals surface area contributed by atoms with Gasteiger partial charge in [0.25, 0.3) is 0 Å². The van der Waals surface area contributed by atoms with Crippen LogP contribution in [-0.2, 0) is 0 Å². The van der Waals surface area contributed by atoms with Crippen molar-refractivity contribution in [2.24, 2.45) is 0 Å². The zero-order chi connectivity index (χ0) is 16.0. The number of unbranched alkanes of at least 4 members (excludes halogenated alkanes) is 9. The predicted octanol–water partition coefficient (Wildman–Crippen LogP) is 6.19. The monoisotopic (exact) mass is 304 g/mol. The van der Waals surface area contributed by atoms with Crippen molar-refractivity contribution in [1.82, 2.24) is 0 Å². The number of Topliss-reactive ketones (excluding diaryl/α,β-unsaturated/α-hetero) is 1. The number of methoxy groups -OCH3 is 1. The Labute approximate surface area is 136 Å². The van der Waals surface area contributed by atoms with Crippen molar-refractivity contribution in [1.29, 1.82) is 0 Å². The van der Waals surface area contributed by atoms with Gasteiger partial charge in [-0.05, 0) is 18.6 Å². The van der Waals surface area contributed by atoms with Gasteiger partial charge in [0.05, 0.1) is 7.11 Å². The summed E-state index contributed by atoms with van der Waals surface area (Å²) in [5.41, 5.74) is 0.773. The molecular weight excluding hydrogens is 272 g/mol. The van der Waals surface area contributed by atoms with Gasteiger partial charge in [-0.3, -0.25) is 4.79 Å². The molecular formula is C20H32O2. The van der Waals surface area contributed by atoms with Gasteiger partial charge in [-0.25, -0.2) is 0 Å². The predicted molar refractivity (Wildman–Crippen MR) is 93.8 cm³/mol. The average molecular weight is 304 g/mol. The van der Waals surface area contributed by atoms with Crippen LogP contribution >= 0.6 is 0 Å². The average Bonchev–Trinajstić information content (AvgIpc) is 2.56. The maximum Gasteiger partial charge on any atom is 0.163 e. The number of carbonyl (C=O) groups excluding carboxylic acids is 1. The molecule has 22 heavy (non-hydrogen) atoms. The molecule has 0 aliphatic carbocycles. The number of benzene rings is 1. The molecule has 0 aliphatic rings. The molecule has 2 nitrogen and oxygen atoms in total. The first-order valence-electron chi connectivity index (χ1n) is 8.95. The summed E-state index contributed by atoms with van der Waals surface area (Å²) in [5.74, 6) is 0.993. The van der Waals surface area contributed by atoms with Crippen molar-refractivity contribution >= 4 is 5.78 Å². The molecule has 0 N–H and O–H groups in total. The first-order chi connectivity index (χ1) is 10.8. The molecule has 0 bridgehead atoms. The number of hydrogen-bond acceptors (Lipinski definition) is 2. The summed E-state index contributed by atoms with van der Waals surface area (Å²) in [6, 6.07) is 7.46. The van der Waals surface area contributed by atoms with E-state index in [1.807, 2.05) is 24.3 Å². The smallest absolute Gasteiger partial charge is 0.163 e. The largest absolute Gasteiger partial charge is 0.497 e. The highest BCUT2D eigenvalue weighted by Crippen LogP contribution is 2.16. The lowest BCUT2D eigenvalue weighted by Gasteiger charge is -2.04. The van der Waals surface area contributed by atoms with Crippen molar-refractivity contribution in [2.75, 3.05) is 7.11 Å². The Morgan fingerprint density at radius 2 is 1.50 bits per heavy atom. The van der Waals surface area contributed by atoms with Crippen LogP contribution in [0.15, 0.2) is 24.3 Å². The van der Waals surface area contributed by atoms with Gasteiger partial charge in [-0.2, -0.15) is 0 Å². The molecule has 0 aliphatic heterocycles. The summed E-state index contributed by atoms with van der Waals surface area (Å²) in [5, 5.41) is 0. The van der Waals surface area contributed by atoms with Gasteiger partial charge in [0, 0.05) is 12.0 Å². The fraction of sp³-hybridized carbons (Fsp3) is 0.650. The second-order valence-corrected chi connectivity index (χ2v) is 6.09. The summed E-state index contributed by atoms with van der Waals surface area (Å²) in [6.07, 6.45) is 13.6. The third-order valence-electron chi connectivity index (χ3n) is 4.15. The Morgan fingerprint density at radius 1 is 0.909 bits per heavy atom. The maximum absolute atomic E-state index is 12.1. The second-order valence-electron chi connectivity index (χ2n) is 6.09. The summed E-state index contributed by atoms with van der Waals surface area (Å²) in [7, 11) is 1.63. The number of hydrogen-bond donors (Lipinski definition) is 0. The van der Waals surface area contributed by atoms with Gasteiger partial charge in [0.15, 0.2) is 5.78 Å². The van der Waals surface area contributed by atoms with Gasteiger partial charge in [-0.1, -0.05) is 76.8 Å². The molecule has 0 saturated heterocycles. The molecule has 1 rings (SSSR count). The summed E-state index contributed by atoms with van der Waals surface area (Å²) in [6.45, 7) is 2.26. The minimum Gasteiger partial charge on any atom is -0.497 e. The maximum atomic E-state index is 12.1. The van der Waals surface area contributed by atoms with E-state index in [1.165, 1.54) is 57.8 Å². The highest BCUT2D eigenvalue weighted by molar-refractivity contribution is 5.96. The zero-order valence-electron chi connectivity index (χ0n) is 14.4. The molecule has 1 aromatic carbocycles. The van der Waals surface area contributed by atoms with Gasteiger partial charge < -0.3 is 4.74 Å². The van der Waals surface area contributed by atoms with E-state index in [0.717, 1.165) is 17.7 Å². The van der Waals surface area contributed by atoms with E-state index in [9.17, 15) is 4.79 Å². The lowest BCUT2D eigenvalue weighted by molar-refractivity contribution is 0.0978. The Balaban J connectivity index is 2.03. The number of rotatable bonds is 13. The van der Waals surface area contributed by atoms with E-state index in [0.29, 0.717) is 6.42 Å². The standard InChI is InChI=1S/C20H32O2/c1-3-4-5-6-7-8-9-10-11-12-16-20(21)18-14-13-15-19(17-18)22-2/h13-15,17H,3-12,16H2,1-2H3. The van der Waals surface area contributed by atoms with Gasteiger partial charge in [0.2, 0.25) is 0 Å². The van der Waals surface area contributed by atoms with Crippen molar-refractivity contribution in [2.45, 2.75) is 77.6 Å². The lowest BCUT2D eigenvalue weighted by Crippen LogP contribution is -1.99. The van der Waals surface area contributed by atoms with Gasteiger partial charge in [-0.15, -0.1) is 0 Å². The molecule has 0 fully saturated rings. The first kappa shape index (κ1) is 18.7. The third kappa shape index (κ3) is 8.21. The van der Waals surface area contributed by atoms with E-state index < -0.39 is 0 Å². The molecule has 1 aromatic rings. The van der Waals surface area contributed by atoms with Crippen LogP contribution in [0.5, 0.6) is 5.75 Å². The Bertz CT molecular complexity index is 412. The van der Waals surface area contributed by atoms with Crippen LogP contribution in [0, 0.1) is 0 Å². The molecule has 0 spiro atoms. The minimum absolute atomic E-state index is 0.235. The molecule has 0 radical (unpaired) electrons. The van der Waals surface area contributed by atoms with Crippen LogP contribution in [0.2, 0.25) is 0 Å². The normalized spacial score (nSPS) is 10.6. The zero-order valence-corrected chi connectivity index (χ0v) is 14.4. The summed E-state index contributed by atoms with van der Waals surface area (Å²) in [4.78, 5) is 12.1. The van der Waals surface area contributed by atoms with E-state index in [4.69, 9.17) is 4.74 Å². The van der Waals surface area contributed by atoms with Crippen LogP contribution in [0.25, 0.3) is 0 Å². The van der Waals surface area contributed by atoms with Crippen molar-refractivity contribution < 1.29 is 9.53 Å². The minimum atomic E-state index is 0.235. The quantitative estimate of drug-likeness (QED) is 0.321. The van der Waals surface area contributed by atoms with Crippen LogP contribution < -0.4 is 4.74 Å². The first-order valence-corrected chi connectivity index (χ1v) is 8.95. The second kappa shape index (κ2) is 12.3. The van der Waals surface area contributed by atoms with E-state index in [-0.39, 0.29) is 5.78 Å². The van der Waals surface area contributed by atoms with Crippen LogP contribution in [0.3, 0.4) is 0 Å². The third-order valence-corrected chi connectivity index (χ3v) is 4.15.